The molecule has 1 N–H and O–H groups in total. The molecule has 1 heterocycles. The van der Waals surface area contributed by atoms with E-state index in [9.17, 15) is 0 Å². The van der Waals surface area contributed by atoms with Gasteiger partial charge in [0.1, 0.15) is 5.75 Å². The van der Waals surface area contributed by atoms with Crippen molar-refractivity contribution in [1.82, 2.24) is 10.2 Å². The minimum Gasteiger partial charge on any atom is -0.497 e. The molecule has 0 aromatic heterocycles. The highest BCUT2D eigenvalue weighted by Crippen LogP contribution is 2.29. The summed E-state index contributed by atoms with van der Waals surface area (Å²) >= 11 is 0. The molecule has 1 saturated heterocycles. The lowest BCUT2D eigenvalue weighted by atomic mass is 9.98. The third-order valence-electron chi connectivity index (χ3n) is 3.90. The van der Waals surface area contributed by atoms with Crippen molar-refractivity contribution in [3.05, 3.63) is 29.8 Å². The van der Waals surface area contributed by atoms with E-state index in [-0.39, 0.29) is 0 Å². The van der Waals surface area contributed by atoms with Crippen molar-refractivity contribution in [2.75, 3.05) is 33.3 Å². The lowest BCUT2D eigenvalue weighted by molar-refractivity contribution is 0.163. The van der Waals surface area contributed by atoms with E-state index >= 15 is 0 Å². The molecule has 1 aliphatic rings. The summed E-state index contributed by atoms with van der Waals surface area (Å²) < 4.78 is 5.37. The number of methoxy groups -OCH3 is 1. The summed E-state index contributed by atoms with van der Waals surface area (Å²) in [6.07, 6.45) is 3.78. The molecule has 19 heavy (non-hydrogen) atoms. The second kappa shape index (κ2) is 7.51. The number of piperazine rings is 1. The Morgan fingerprint density at radius 3 is 2.79 bits per heavy atom. The topological polar surface area (TPSA) is 24.5 Å². The smallest absolute Gasteiger partial charge is 0.119 e. The SMILES string of the molecule is CCCC[C@H](c1cccc(OC)c1)N1CCNCC1. The molecule has 0 amide bonds. The van der Waals surface area contributed by atoms with E-state index in [4.69, 9.17) is 4.74 Å². The van der Waals surface area contributed by atoms with Gasteiger partial charge in [-0.15, -0.1) is 0 Å². The molecular weight excluding hydrogens is 236 g/mol. The Labute approximate surface area is 116 Å². The molecule has 0 unspecified atom stereocenters. The van der Waals surface area contributed by atoms with Crippen molar-refractivity contribution >= 4 is 0 Å². The quantitative estimate of drug-likeness (QED) is 0.853. The predicted octanol–water partition coefficient (Wildman–Crippen LogP) is 2.83. The third kappa shape index (κ3) is 3.95. The molecule has 1 aromatic rings. The number of unbranched alkanes of at least 4 members (excludes halogenated alkanes) is 1. The Morgan fingerprint density at radius 1 is 1.32 bits per heavy atom. The number of nitrogens with one attached hydrogen (secondary N) is 1. The zero-order chi connectivity index (χ0) is 13.5. The number of hydrogen-bond acceptors (Lipinski definition) is 3. The molecule has 0 spiro atoms. The van der Waals surface area contributed by atoms with Crippen LogP contribution in [0.5, 0.6) is 5.75 Å². The van der Waals surface area contributed by atoms with Crippen LogP contribution in [0, 0.1) is 0 Å². The van der Waals surface area contributed by atoms with Gasteiger partial charge in [0, 0.05) is 32.2 Å². The van der Waals surface area contributed by atoms with Gasteiger partial charge in [0.05, 0.1) is 7.11 Å². The second-order valence-corrected chi connectivity index (χ2v) is 5.22. The molecule has 1 aliphatic heterocycles. The molecule has 0 bridgehead atoms. The van der Waals surface area contributed by atoms with Crippen molar-refractivity contribution < 1.29 is 4.74 Å². The molecule has 106 valence electrons. The fourth-order valence-electron chi connectivity index (χ4n) is 2.80. The minimum absolute atomic E-state index is 0.539. The Kier molecular flexibility index (Phi) is 5.67. The first kappa shape index (κ1) is 14.4. The van der Waals surface area contributed by atoms with E-state index in [0.717, 1.165) is 31.9 Å². The van der Waals surface area contributed by atoms with E-state index in [1.807, 2.05) is 6.07 Å². The van der Waals surface area contributed by atoms with Gasteiger partial charge in [-0.25, -0.2) is 0 Å². The molecule has 3 heteroatoms. The first-order valence-electron chi connectivity index (χ1n) is 7.44. The second-order valence-electron chi connectivity index (χ2n) is 5.22. The fraction of sp³-hybridized carbons (Fsp3) is 0.625. The summed E-state index contributed by atoms with van der Waals surface area (Å²) in [5.74, 6) is 0.967. The standard InChI is InChI=1S/C16H26N2O/c1-3-4-8-16(18-11-9-17-10-12-18)14-6-5-7-15(13-14)19-2/h5-7,13,16-17H,3-4,8-12H2,1-2H3/t16-/m1/s1. The summed E-state index contributed by atoms with van der Waals surface area (Å²) in [5, 5.41) is 3.43. The Hall–Kier alpha value is -1.06. The lowest BCUT2D eigenvalue weighted by Crippen LogP contribution is -2.45. The number of benzene rings is 1. The zero-order valence-corrected chi connectivity index (χ0v) is 12.2. The highest BCUT2D eigenvalue weighted by molar-refractivity contribution is 5.30. The van der Waals surface area contributed by atoms with Gasteiger partial charge in [-0.05, 0) is 24.1 Å². The molecule has 1 aromatic carbocycles. The van der Waals surface area contributed by atoms with Gasteiger partial charge in [0.25, 0.3) is 0 Å². The highest BCUT2D eigenvalue weighted by atomic mass is 16.5. The van der Waals surface area contributed by atoms with Crippen LogP contribution in [0.25, 0.3) is 0 Å². The molecule has 3 nitrogen and oxygen atoms in total. The first-order valence-corrected chi connectivity index (χ1v) is 7.44. The van der Waals surface area contributed by atoms with Gasteiger partial charge in [-0.2, -0.15) is 0 Å². The predicted molar refractivity (Wildman–Crippen MR) is 79.7 cm³/mol. The Bertz CT molecular complexity index is 375. The average molecular weight is 262 g/mol. The van der Waals surface area contributed by atoms with Gasteiger partial charge >= 0.3 is 0 Å². The maximum absolute atomic E-state index is 5.37. The zero-order valence-electron chi connectivity index (χ0n) is 12.2. The molecule has 0 aliphatic carbocycles. The summed E-state index contributed by atoms with van der Waals surface area (Å²) in [4.78, 5) is 2.61. The molecule has 1 fully saturated rings. The first-order chi connectivity index (χ1) is 9.35. The normalized spacial score (nSPS) is 18.2. The summed E-state index contributed by atoms with van der Waals surface area (Å²) in [7, 11) is 1.74. The van der Waals surface area contributed by atoms with Crippen LogP contribution in [0.1, 0.15) is 37.8 Å². The van der Waals surface area contributed by atoms with Crippen molar-refractivity contribution in [2.24, 2.45) is 0 Å². The molecule has 2 rings (SSSR count). The molecule has 0 saturated carbocycles. The van der Waals surface area contributed by atoms with Crippen LogP contribution >= 0.6 is 0 Å². The lowest BCUT2D eigenvalue weighted by Gasteiger charge is -2.35. The van der Waals surface area contributed by atoms with E-state index in [1.54, 1.807) is 7.11 Å². The maximum atomic E-state index is 5.37. The van der Waals surface area contributed by atoms with Crippen LogP contribution in [0.15, 0.2) is 24.3 Å². The van der Waals surface area contributed by atoms with Gasteiger partial charge in [0.2, 0.25) is 0 Å². The number of rotatable bonds is 6. The largest absolute Gasteiger partial charge is 0.497 e. The van der Waals surface area contributed by atoms with Crippen molar-refractivity contribution in [3.8, 4) is 5.75 Å². The fourth-order valence-corrected chi connectivity index (χ4v) is 2.80. The van der Waals surface area contributed by atoms with Gasteiger partial charge < -0.3 is 10.1 Å². The Morgan fingerprint density at radius 2 is 2.11 bits per heavy atom. The van der Waals surface area contributed by atoms with E-state index in [0.29, 0.717) is 6.04 Å². The number of hydrogen-bond donors (Lipinski definition) is 1. The van der Waals surface area contributed by atoms with Crippen LogP contribution < -0.4 is 10.1 Å². The summed E-state index contributed by atoms with van der Waals surface area (Å²) in [5.41, 5.74) is 1.40. The van der Waals surface area contributed by atoms with Gasteiger partial charge in [0.15, 0.2) is 0 Å². The minimum atomic E-state index is 0.539. The maximum Gasteiger partial charge on any atom is 0.119 e. The van der Waals surface area contributed by atoms with E-state index in [2.05, 4.69) is 35.3 Å². The molecule has 1 atom stereocenters. The van der Waals surface area contributed by atoms with Gasteiger partial charge in [-0.1, -0.05) is 31.9 Å². The molecular formula is C16H26N2O. The van der Waals surface area contributed by atoms with Crippen LogP contribution in [0.2, 0.25) is 0 Å². The monoisotopic (exact) mass is 262 g/mol. The van der Waals surface area contributed by atoms with E-state index in [1.165, 1.54) is 24.8 Å². The molecule has 0 radical (unpaired) electrons. The van der Waals surface area contributed by atoms with E-state index < -0.39 is 0 Å². The van der Waals surface area contributed by atoms with Crippen LogP contribution in [0.3, 0.4) is 0 Å². The Balaban J connectivity index is 2.14. The summed E-state index contributed by atoms with van der Waals surface area (Å²) in [6.45, 7) is 6.76. The highest BCUT2D eigenvalue weighted by Gasteiger charge is 2.21. The van der Waals surface area contributed by atoms with Crippen LogP contribution in [0.4, 0.5) is 0 Å². The average Bonchev–Trinajstić information content (AvgIpc) is 2.49. The van der Waals surface area contributed by atoms with Crippen molar-refractivity contribution in [1.29, 1.82) is 0 Å². The number of ether oxygens (including phenoxy) is 1. The third-order valence-corrected chi connectivity index (χ3v) is 3.90. The van der Waals surface area contributed by atoms with Crippen molar-refractivity contribution in [3.63, 3.8) is 0 Å². The number of nitrogens with zero attached hydrogens (tertiary/aromatic N) is 1. The van der Waals surface area contributed by atoms with Gasteiger partial charge in [-0.3, -0.25) is 4.90 Å². The van der Waals surface area contributed by atoms with Crippen molar-refractivity contribution in [2.45, 2.75) is 32.2 Å². The summed E-state index contributed by atoms with van der Waals surface area (Å²) in [6, 6.07) is 9.11. The van der Waals surface area contributed by atoms with Crippen LogP contribution in [-0.2, 0) is 0 Å². The van der Waals surface area contributed by atoms with Crippen LogP contribution in [-0.4, -0.2) is 38.2 Å².